The number of nitrogens with zero attached hydrogens (tertiary/aromatic N) is 3. The van der Waals surface area contributed by atoms with Gasteiger partial charge in [0.15, 0.2) is 0 Å². The number of anilines is 2. The smallest absolute Gasteiger partial charge is 0.258 e. The van der Waals surface area contributed by atoms with Crippen molar-refractivity contribution in [2.24, 2.45) is 0 Å². The van der Waals surface area contributed by atoms with Crippen LogP contribution in [-0.4, -0.2) is 42.0 Å². The Morgan fingerprint density at radius 3 is 2.19 bits per heavy atom. The van der Waals surface area contributed by atoms with Gasteiger partial charge in [-0.3, -0.25) is 9.69 Å². The van der Waals surface area contributed by atoms with Crippen molar-refractivity contribution in [3.05, 3.63) is 89.1 Å². The standard InChI is InChI=1S/C23H20F4N4O/c24-16-2-1-15(20(26)11-16)14-30-7-9-31(10-8-30)22-6-4-18(13-28-22)29-23(32)19-5-3-17(25)12-21(19)27/h1-6,11-13H,7-10,14H2,(H,29,32). The summed E-state index contributed by atoms with van der Waals surface area (Å²) in [5.41, 5.74) is 0.577. The quantitative estimate of drug-likeness (QED) is 0.599. The lowest BCUT2D eigenvalue weighted by molar-refractivity contribution is 0.102. The van der Waals surface area contributed by atoms with Gasteiger partial charge in [0, 0.05) is 50.4 Å². The molecule has 0 unspecified atom stereocenters. The lowest BCUT2D eigenvalue weighted by atomic mass is 10.1. The van der Waals surface area contributed by atoms with Crippen molar-refractivity contribution in [2.75, 3.05) is 36.4 Å². The minimum Gasteiger partial charge on any atom is -0.354 e. The van der Waals surface area contributed by atoms with Crippen LogP contribution in [0.25, 0.3) is 0 Å². The predicted octanol–water partition coefficient (Wildman–Crippen LogP) is 4.21. The summed E-state index contributed by atoms with van der Waals surface area (Å²) in [6, 6.07) is 9.75. The zero-order valence-corrected chi connectivity index (χ0v) is 17.0. The molecule has 1 aliphatic rings. The molecule has 2 heterocycles. The number of hydrogen-bond donors (Lipinski definition) is 1. The summed E-state index contributed by atoms with van der Waals surface area (Å²) >= 11 is 0. The van der Waals surface area contributed by atoms with Crippen LogP contribution in [0.1, 0.15) is 15.9 Å². The van der Waals surface area contributed by atoms with Gasteiger partial charge in [0.2, 0.25) is 0 Å². The van der Waals surface area contributed by atoms with E-state index < -0.39 is 29.2 Å². The van der Waals surface area contributed by atoms with E-state index in [0.29, 0.717) is 55.9 Å². The molecule has 1 amide bonds. The number of amides is 1. The van der Waals surface area contributed by atoms with Crippen LogP contribution in [0.3, 0.4) is 0 Å². The normalized spacial score (nSPS) is 14.4. The van der Waals surface area contributed by atoms with Crippen LogP contribution in [0.2, 0.25) is 0 Å². The first-order valence-electron chi connectivity index (χ1n) is 10.0. The minimum atomic E-state index is -0.939. The van der Waals surface area contributed by atoms with Gasteiger partial charge in [0.1, 0.15) is 29.1 Å². The maximum atomic E-state index is 13.9. The molecule has 3 aromatic rings. The summed E-state index contributed by atoms with van der Waals surface area (Å²) in [7, 11) is 0. The number of pyridine rings is 1. The van der Waals surface area contributed by atoms with Crippen molar-refractivity contribution in [1.82, 2.24) is 9.88 Å². The van der Waals surface area contributed by atoms with Gasteiger partial charge in [0.25, 0.3) is 5.91 Å². The van der Waals surface area contributed by atoms with Gasteiger partial charge in [-0.05, 0) is 30.3 Å². The molecule has 1 aliphatic heterocycles. The molecule has 9 heteroatoms. The summed E-state index contributed by atoms with van der Waals surface area (Å²) < 4.78 is 53.7. The molecule has 0 saturated carbocycles. The number of benzene rings is 2. The second-order valence-electron chi connectivity index (χ2n) is 7.48. The van der Waals surface area contributed by atoms with E-state index >= 15 is 0 Å². The second-order valence-corrected chi connectivity index (χ2v) is 7.48. The van der Waals surface area contributed by atoms with E-state index in [-0.39, 0.29) is 5.56 Å². The topological polar surface area (TPSA) is 48.5 Å². The molecule has 0 bridgehead atoms. The van der Waals surface area contributed by atoms with Gasteiger partial charge in [-0.25, -0.2) is 22.5 Å². The van der Waals surface area contributed by atoms with Gasteiger partial charge in [-0.2, -0.15) is 0 Å². The monoisotopic (exact) mass is 444 g/mol. The molecular weight excluding hydrogens is 424 g/mol. The third-order valence-corrected chi connectivity index (χ3v) is 5.29. The number of nitrogens with one attached hydrogen (secondary N) is 1. The Balaban J connectivity index is 1.32. The Kier molecular flexibility index (Phi) is 6.36. The Hall–Kier alpha value is -3.46. The largest absolute Gasteiger partial charge is 0.354 e. The minimum absolute atomic E-state index is 0.260. The Morgan fingerprint density at radius 2 is 1.56 bits per heavy atom. The average molecular weight is 444 g/mol. The zero-order chi connectivity index (χ0) is 22.7. The number of rotatable bonds is 5. The SMILES string of the molecule is O=C(Nc1ccc(N2CCN(Cc3ccc(F)cc3F)CC2)nc1)c1ccc(F)cc1F. The molecule has 2 aromatic carbocycles. The lowest BCUT2D eigenvalue weighted by Crippen LogP contribution is -2.46. The van der Waals surface area contributed by atoms with Gasteiger partial charge in [-0.1, -0.05) is 6.07 Å². The first-order chi connectivity index (χ1) is 15.4. The molecule has 0 aliphatic carbocycles. The first-order valence-corrected chi connectivity index (χ1v) is 10.0. The molecule has 4 rings (SSSR count). The van der Waals surface area contributed by atoms with E-state index in [1.165, 1.54) is 18.3 Å². The average Bonchev–Trinajstić information content (AvgIpc) is 2.77. The fourth-order valence-corrected chi connectivity index (χ4v) is 3.55. The van der Waals surface area contributed by atoms with Crippen LogP contribution >= 0.6 is 0 Å². The summed E-state index contributed by atoms with van der Waals surface area (Å²) in [5, 5.41) is 2.54. The maximum absolute atomic E-state index is 13.9. The van der Waals surface area contributed by atoms with Crippen molar-refractivity contribution in [2.45, 2.75) is 6.54 Å². The van der Waals surface area contributed by atoms with E-state index in [2.05, 4.69) is 20.1 Å². The Labute approximate surface area is 182 Å². The zero-order valence-electron chi connectivity index (χ0n) is 17.0. The van der Waals surface area contributed by atoms with Crippen LogP contribution in [0.15, 0.2) is 54.7 Å². The second kappa shape index (κ2) is 9.35. The van der Waals surface area contributed by atoms with E-state index in [1.807, 2.05) is 0 Å². The van der Waals surface area contributed by atoms with Crippen LogP contribution in [0.5, 0.6) is 0 Å². The highest BCUT2D eigenvalue weighted by atomic mass is 19.1. The molecular formula is C23H20F4N4O. The fraction of sp³-hybridized carbons (Fsp3) is 0.217. The molecule has 1 N–H and O–H groups in total. The number of halogens is 4. The highest BCUT2D eigenvalue weighted by Gasteiger charge is 2.20. The van der Waals surface area contributed by atoms with E-state index in [0.717, 1.165) is 18.2 Å². The molecule has 32 heavy (non-hydrogen) atoms. The van der Waals surface area contributed by atoms with Crippen molar-refractivity contribution >= 4 is 17.4 Å². The summed E-state index contributed by atoms with van der Waals surface area (Å²) in [5.74, 6) is -2.82. The number of carbonyl (C=O) groups excluding carboxylic acids is 1. The molecule has 1 fully saturated rings. The summed E-state index contributed by atoms with van der Waals surface area (Å²) in [6.45, 7) is 3.10. The van der Waals surface area contributed by atoms with Crippen LogP contribution in [0.4, 0.5) is 29.1 Å². The van der Waals surface area contributed by atoms with Gasteiger partial charge in [-0.15, -0.1) is 0 Å². The van der Waals surface area contributed by atoms with Crippen molar-refractivity contribution in [1.29, 1.82) is 0 Å². The summed E-state index contributed by atoms with van der Waals surface area (Å²) in [6.07, 6.45) is 1.47. The predicted molar refractivity (Wildman–Crippen MR) is 112 cm³/mol. The van der Waals surface area contributed by atoms with Gasteiger partial charge in [0.05, 0.1) is 17.4 Å². The highest BCUT2D eigenvalue weighted by molar-refractivity contribution is 6.04. The van der Waals surface area contributed by atoms with Crippen molar-refractivity contribution < 1.29 is 22.4 Å². The third-order valence-electron chi connectivity index (χ3n) is 5.29. The number of aromatic nitrogens is 1. The third kappa shape index (κ3) is 5.05. The number of hydrogen-bond acceptors (Lipinski definition) is 4. The molecule has 0 atom stereocenters. The molecule has 0 radical (unpaired) electrons. The van der Waals surface area contributed by atoms with E-state index in [1.54, 1.807) is 12.1 Å². The van der Waals surface area contributed by atoms with Crippen molar-refractivity contribution in [3.8, 4) is 0 Å². The Morgan fingerprint density at radius 1 is 0.875 bits per heavy atom. The molecule has 166 valence electrons. The molecule has 0 spiro atoms. The van der Waals surface area contributed by atoms with E-state index in [9.17, 15) is 22.4 Å². The number of carbonyl (C=O) groups is 1. The Bertz CT molecular complexity index is 1120. The van der Waals surface area contributed by atoms with Gasteiger partial charge < -0.3 is 10.2 Å². The maximum Gasteiger partial charge on any atom is 0.258 e. The van der Waals surface area contributed by atoms with Gasteiger partial charge >= 0.3 is 0 Å². The molecule has 1 saturated heterocycles. The summed E-state index contributed by atoms with van der Waals surface area (Å²) in [4.78, 5) is 20.7. The number of piperazine rings is 1. The highest BCUT2D eigenvalue weighted by Crippen LogP contribution is 2.19. The van der Waals surface area contributed by atoms with Crippen LogP contribution < -0.4 is 10.2 Å². The first kappa shape index (κ1) is 21.8. The van der Waals surface area contributed by atoms with Crippen molar-refractivity contribution in [3.63, 3.8) is 0 Å². The van der Waals surface area contributed by atoms with Crippen LogP contribution in [-0.2, 0) is 6.54 Å². The van der Waals surface area contributed by atoms with E-state index in [4.69, 9.17) is 0 Å². The molecule has 5 nitrogen and oxygen atoms in total. The van der Waals surface area contributed by atoms with Crippen LogP contribution in [0, 0.1) is 23.3 Å². The lowest BCUT2D eigenvalue weighted by Gasteiger charge is -2.35. The molecule has 1 aromatic heterocycles. The fourth-order valence-electron chi connectivity index (χ4n) is 3.55.